The van der Waals surface area contributed by atoms with E-state index in [0.29, 0.717) is 23.7 Å². The van der Waals surface area contributed by atoms with Gasteiger partial charge in [0.15, 0.2) is 11.5 Å². The Hall–Kier alpha value is -2.19. The van der Waals surface area contributed by atoms with Crippen LogP contribution in [0.3, 0.4) is 0 Å². The highest BCUT2D eigenvalue weighted by molar-refractivity contribution is 5.88. The topological polar surface area (TPSA) is 44.8 Å². The molecule has 0 radical (unpaired) electrons. The minimum Gasteiger partial charge on any atom is -0.493 e. The first kappa shape index (κ1) is 14.9. The third-order valence-electron chi connectivity index (χ3n) is 2.46. The maximum Gasteiger partial charge on any atom is 0.341 e. The van der Waals surface area contributed by atoms with E-state index < -0.39 is 0 Å². The van der Waals surface area contributed by atoms with Crippen molar-refractivity contribution in [1.82, 2.24) is 0 Å². The zero-order chi connectivity index (χ0) is 14.3. The third-order valence-corrected chi connectivity index (χ3v) is 2.46. The number of hydrogen-bond acceptors (Lipinski definition) is 4. The number of methoxy groups -OCH3 is 2. The Kier molecular flexibility index (Phi) is 5.71. The third kappa shape index (κ3) is 3.90. The molecule has 0 fully saturated rings. The average Bonchev–Trinajstić information content (AvgIpc) is 2.44. The largest absolute Gasteiger partial charge is 0.493 e. The minimum absolute atomic E-state index is 0.348. The summed E-state index contributed by atoms with van der Waals surface area (Å²) in [6, 6.07) is 5.50. The van der Waals surface area contributed by atoms with Crippen LogP contribution in [0, 0.1) is 0 Å². The maximum atomic E-state index is 11.4. The van der Waals surface area contributed by atoms with E-state index in [0.717, 1.165) is 5.56 Å². The number of benzene rings is 1. The number of para-hydroxylation sites is 1. The van der Waals surface area contributed by atoms with Crippen molar-refractivity contribution in [1.29, 1.82) is 0 Å². The summed E-state index contributed by atoms with van der Waals surface area (Å²) in [6.07, 6.45) is 1.67. The number of carbonyl (C=O) groups is 1. The summed E-state index contributed by atoms with van der Waals surface area (Å²) in [5.74, 6) is 0.863. The van der Waals surface area contributed by atoms with Crippen LogP contribution in [0.1, 0.15) is 19.4 Å². The second kappa shape index (κ2) is 7.29. The molecule has 4 nitrogen and oxygen atoms in total. The van der Waals surface area contributed by atoms with Crippen molar-refractivity contribution >= 4 is 12.0 Å². The lowest BCUT2D eigenvalue weighted by Crippen LogP contribution is -2.03. The highest BCUT2D eigenvalue weighted by atomic mass is 16.5. The SMILES string of the molecule is CCOC(=O)C(C)=C=Cc1cccc(OC)c1OC. The van der Waals surface area contributed by atoms with E-state index in [-0.39, 0.29) is 5.97 Å². The molecular weight excluding hydrogens is 244 g/mol. The fraction of sp³-hybridized carbons (Fsp3) is 0.333. The lowest BCUT2D eigenvalue weighted by atomic mass is 10.1. The Bertz CT molecular complexity index is 511. The van der Waals surface area contributed by atoms with Crippen LogP contribution in [0.5, 0.6) is 11.5 Å². The molecule has 0 aromatic heterocycles. The molecule has 102 valence electrons. The second-order valence-electron chi connectivity index (χ2n) is 3.72. The Morgan fingerprint density at radius 3 is 2.63 bits per heavy atom. The van der Waals surface area contributed by atoms with Crippen molar-refractivity contribution < 1.29 is 19.0 Å². The standard InChI is InChI=1S/C15H18O4/c1-5-19-15(16)11(2)9-10-12-7-6-8-13(17-3)14(12)18-4/h6-8,10H,5H2,1-4H3. The van der Waals surface area contributed by atoms with Crippen LogP contribution in [-0.4, -0.2) is 26.8 Å². The van der Waals surface area contributed by atoms with Gasteiger partial charge in [-0.25, -0.2) is 4.79 Å². The fourth-order valence-corrected chi connectivity index (χ4v) is 1.51. The van der Waals surface area contributed by atoms with Crippen molar-refractivity contribution in [3.8, 4) is 11.5 Å². The first-order chi connectivity index (χ1) is 9.13. The summed E-state index contributed by atoms with van der Waals surface area (Å²) in [5.41, 5.74) is 4.08. The number of carbonyl (C=O) groups excluding carboxylic acids is 1. The summed E-state index contributed by atoms with van der Waals surface area (Å²) in [5, 5.41) is 0. The molecule has 1 aromatic rings. The summed E-state index contributed by atoms with van der Waals surface area (Å²) >= 11 is 0. The van der Waals surface area contributed by atoms with E-state index in [4.69, 9.17) is 14.2 Å². The molecule has 0 aliphatic carbocycles. The summed E-state index contributed by atoms with van der Waals surface area (Å²) in [7, 11) is 3.14. The Morgan fingerprint density at radius 2 is 2.05 bits per heavy atom. The van der Waals surface area contributed by atoms with Gasteiger partial charge in [-0.1, -0.05) is 12.1 Å². The van der Waals surface area contributed by atoms with Gasteiger partial charge in [0, 0.05) is 5.56 Å². The molecule has 0 amide bonds. The molecule has 0 saturated heterocycles. The first-order valence-electron chi connectivity index (χ1n) is 5.95. The van der Waals surface area contributed by atoms with Crippen LogP contribution < -0.4 is 9.47 Å². The predicted molar refractivity (Wildman–Crippen MR) is 73.3 cm³/mol. The van der Waals surface area contributed by atoms with Gasteiger partial charge < -0.3 is 14.2 Å². The average molecular weight is 262 g/mol. The summed E-state index contributed by atoms with van der Waals surface area (Å²) in [6.45, 7) is 3.77. The zero-order valence-electron chi connectivity index (χ0n) is 11.6. The zero-order valence-corrected chi connectivity index (χ0v) is 11.6. The molecule has 0 unspecified atom stereocenters. The molecular formula is C15H18O4. The number of ether oxygens (including phenoxy) is 3. The van der Waals surface area contributed by atoms with Crippen molar-refractivity contribution in [2.75, 3.05) is 20.8 Å². The smallest absolute Gasteiger partial charge is 0.341 e. The van der Waals surface area contributed by atoms with Gasteiger partial charge in [-0.2, -0.15) is 0 Å². The molecule has 0 bridgehead atoms. The van der Waals surface area contributed by atoms with Crippen LogP contribution in [-0.2, 0) is 9.53 Å². The van der Waals surface area contributed by atoms with E-state index >= 15 is 0 Å². The second-order valence-corrected chi connectivity index (χ2v) is 3.72. The van der Waals surface area contributed by atoms with Gasteiger partial charge >= 0.3 is 5.97 Å². The van der Waals surface area contributed by atoms with Gasteiger partial charge in [-0.05, 0) is 26.0 Å². The molecule has 0 heterocycles. The van der Waals surface area contributed by atoms with Crippen LogP contribution >= 0.6 is 0 Å². The summed E-state index contributed by atoms with van der Waals surface area (Å²) < 4.78 is 15.4. The number of hydrogen-bond donors (Lipinski definition) is 0. The lowest BCUT2D eigenvalue weighted by molar-refractivity contribution is -0.138. The van der Waals surface area contributed by atoms with Crippen molar-refractivity contribution in [2.45, 2.75) is 13.8 Å². The predicted octanol–water partition coefficient (Wildman–Crippen LogP) is 2.83. The van der Waals surface area contributed by atoms with Crippen LogP contribution in [0.15, 0.2) is 29.5 Å². The van der Waals surface area contributed by atoms with Gasteiger partial charge in [0.1, 0.15) is 0 Å². The fourth-order valence-electron chi connectivity index (χ4n) is 1.51. The van der Waals surface area contributed by atoms with Crippen molar-refractivity contribution in [3.63, 3.8) is 0 Å². The molecule has 4 heteroatoms. The molecule has 0 N–H and O–H groups in total. The van der Waals surface area contributed by atoms with Crippen molar-refractivity contribution in [3.05, 3.63) is 35.1 Å². The number of rotatable bonds is 5. The molecule has 0 aliphatic heterocycles. The van der Waals surface area contributed by atoms with E-state index in [1.165, 1.54) is 0 Å². The molecule has 1 rings (SSSR count). The molecule has 0 aliphatic rings. The normalized spacial score (nSPS) is 9.26. The van der Waals surface area contributed by atoms with Gasteiger partial charge in [-0.3, -0.25) is 0 Å². The Balaban J connectivity index is 3.11. The molecule has 0 atom stereocenters. The molecule has 0 saturated carbocycles. The Labute approximate surface area is 113 Å². The first-order valence-corrected chi connectivity index (χ1v) is 5.95. The molecule has 0 spiro atoms. The molecule has 1 aromatic carbocycles. The van der Waals surface area contributed by atoms with Crippen LogP contribution in [0.25, 0.3) is 6.08 Å². The quantitative estimate of drug-likeness (QED) is 0.465. The van der Waals surface area contributed by atoms with Gasteiger partial charge in [0.05, 0.1) is 26.4 Å². The van der Waals surface area contributed by atoms with E-state index in [9.17, 15) is 4.79 Å². The number of esters is 1. The minimum atomic E-state index is -0.374. The van der Waals surface area contributed by atoms with Crippen LogP contribution in [0.2, 0.25) is 0 Å². The van der Waals surface area contributed by atoms with E-state index in [2.05, 4.69) is 5.73 Å². The van der Waals surface area contributed by atoms with Gasteiger partial charge in [-0.15, -0.1) is 5.73 Å². The van der Waals surface area contributed by atoms with Gasteiger partial charge in [0.2, 0.25) is 0 Å². The lowest BCUT2D eigenvalue weighted by Gasteiger charge is -2.09. The Morgan fingerprint density at radius 1 is 1.32 bits per heavy atom. The van der Waals surface area contributed by atoms with E-state index in [1.54, 1.807) is 40.2 Å². The van der Waals surface area contributed by atoms with Crippen LogP contribution in [0.4, 0.5) is 0 Å². The highest BCUT2D eigenvalue weighted by Gasteiger charge is 2.07. The monoisotopic (exact) mass is 262 g/mol. The highest BCUT2D eigenvalue weighted by Crippen LogP contribution is 2.31. The van der Waals surface area contributed by atoms with Crippen molar-refractivity contribution in [2.24, 2.45) is 0 Å². The summed E-state index contributed by atoms with van der Waals surface area (Å²) in [4.78, 5) is 11.4. The van der Waals surface area contributed by atoms with Gasteiger partial charge in [0.25, 0.3) is 0 Å². The van der Waals surface area contributed by atoms with E-state index in [1.807, 2.05) is 12.1 Å². The molecule has 19 heavy (non-hydrogen) atoms. The maximum absolute atomic E-state index is 11.4.